The molecular formula is C8H15NO2. The van der Waals surface area contributed by atoms with E-state index in [-0.39, 0.29) is 6.61 Å². The molecule has 1 N–H and O–H groups in total. The highest BCUT2D eigenvalue weighted by atomic mass is 16.3. The SMILES string of the molecule is O=CN1CCCC(CCO)C1. The molecule has 11 heavy (non-hydrogen) atoms. The van der Waals surface area contributed by atoms with Crippen molar-refractivity contribution in [1.82, 2.24) is 4.90 Å². The summed E-state index contributed by atoms with van der Waals surface area (Å²) < 4.78 is 0. The molecule has 0 saturated carbocycles. The van der Waals surface area contributed by atoms with Crippen molar-refractivity contribution in [2.24, 2.45) is 5.92 Å². The van der Waals surface area contributed by atoms with Crippen molar-refractivity contribution in [2.45, 2.75) is 19.3 Å². The Kier molecular flexibility index (Phi) is 3.36. The van der Waals surface area contributed by atoms with Gasteiger partial charge < -0.3 is 10.0 Å². The summed E-state index contributed by atoms with van der Waals surface area (Å²) in [5.74, 6) is 0.527. The highest BCUT2D eigenvalue weighted by molar-refractivity contribution is 5.47. The van der Waals surface area contributed by atoms with Crippen LogP contribution in [0.4, 0.5) is 0 Å². The van der Waals surface area contributed by atoms with Crippen LogP contribution < -0.4 is 0 Å². The summed E-state index contributed by atoms with van der Waals surface area (Å²) in [6.45, 7) is 1.98. The fourth-order valence-electron chi connectivity index (χ4n) is 1.61. The molecule has 3 heteroatoms. The molecule has 1 aliphatic heterocycles. The van der Waals surface area contributed by atoms with Crippen LogP contribution in [-0.4, -0.2) is 36.1 Å². The quantitative estimate of drug-likeness (QED) is 0.596. The first-order valence-corrected chi connectivity index (χ1v) is 4.17. The molecule has 1 rings (SSSR count). The lowest BCUT2D eigenvalue weighted by molar-refractivity contribution is -0.119. The van der Waals surface area contributed by atoms with Gasteiger partial charge in [-0.15, -0.1) is 0 Å². The van der Waals surface area contributed by atoms with Gasteiger partial charge >= 0.3 is 0 Å². The summed E-state index contributed by atoms with van der Waals surface area (Å²) in [5.41, 5.74) is 0. The van der Waals surface area contributed by atoms with Crippen LogP contribution in [0.3, 0.4) is 0 Å². The lowest BCUT2D eigenvalue weighted by atomic mass is 9.96. The van der Waals surface area contributed by atoms with E-state index in [0.717, 1.165) is 38.8 Å². The average molecular weight is 157 g/mol. The number of carbonyl (C=O) groups is 1. The Morgan fingerprint density at radius 3 is 3.09 bits per heavy atom. The molecule has 0 aromatic rings. The molecule has 3 nitrogen and oxygen atoms in total. The van der Waals surface area contributed by atoms with Crippen LogP contribution in [0.2, 0.25) is 0 Å². The Bertz CT molecular complexity index is 125. The Morgan fingerprint density at radius 1 is 1.64 bits per heavy atom. The third kappa shape index (κ3) is 2.50. The molecule has 64 valence electrons. The maximum Gasteiger partial charge on any atom is 0.209 e. The summed E-state index contributed by atoms with van der Waals surface area (Å²) in [4.78, 5) is 12.2. The Labute approximate surface area is 67.0 Å². The van der Waals surface area contributed by atoms with E-state index in [0.29, 0.717) is 5.92 Å². The van der Waals surface area contributed by atoms with Gasteiger partial charge in [-0.2, -0.15) is 0 Å². The van der Waals surface area contributed by atoms with E-state index < -0.39 is 0 Å². The number of aliphatic hydroxyl groups is 1. The number of nitrogens with zero attached hydrogens (tertiary/aromatic N) is 1. The van der Waals surface area contributed by atoms with Gasteiger partial charge in [-0.05, 0) is 25.2 Å². The van der Waals surface area contributed by atoms with E-state index in [1.807, 2.05) is 0 Å². The molecule has 1 fully saturated rings. The van der Waals surface area contributed by atoms with Gasteiger partial charge in [0.25, 0.3) is 0 Å². The molecule has 1 amide bonds. The van der Waals surface area contributed by atoms with Crippen molar-refractivity contribution in [3.8, 4) is 0 Å². The molecule has 0 aromatic heterocycles. The van der Waals surface area contributed by atoms with Gasteiger partial charge in [-0.25, -0.2) is 0 Å². The fourth-order valence-corrected chi connectivity index (χ4v) is 1.61. The molecule has 0 spiro atoms. The van der Waals surface area contributed by atoms with Gasteiger partial charge in [0, 0.05) is 19.7 Å². The van der Waals surface area contributed by atoms with Crippen LogP contribution in [0.15, 0.2) is 0 Å². The highest BCUT2D eigenvalue weighted by Gasteiger charge is 2.17. The van der Waals surface area contributed by atoms with Crippen molar-refractivity contribution >= 4 is 6.41 Å². The number of hydrogen-bond acceptors (Lipinski definition) is 2. The van der Waals surface area contributed by atoms with E-state index in [4.69, 9.17) is 5.11 Å². The smallest absolute Gasteiger partial charge is 0.209 e. The first kappa shape index (κ1) is 8.53. The van der Waals surface area contributed by atoms with Crippen LogP contribution >= 0.6 is 0 Å². The van der Waals surface area contributed by atoms with Crippen molar-refractivity contribution in [3.63, 3.8) is 0 Å². The zero-order chi connectivity index (χ0) is 8.10. The number of hydrogen-bond donors (Lipinski definition) is 1. The van der Waals surface area contributed by atoms with Crippen molar-refractivity contribution in [2.75, 3.05) is 19.7 Å². The van der Waals surface area contributed by atoms with E-state index in [1.165, 1.54) is 0 Å². The third-order valence-electron chi connectivity index (χ3n) is 2.24. The summed E-state index contributed by atoms with van der Waals surface area (Å²) in [7, 11) is 0. The Balaban J connectivity index is 2.27. The second-order valence-electron chi connectivity index (χ2n) is 3.12. The first-order chi connectivity index (χ1) is 5.36. The maximum atomic E-state index is 10.4. The summed E-state index contributed by atoms with van der Waals surface area (Å²) in [5, 5.41) is 8.67. The first-order valence-electron chi connectivity index (χ1n) is 4.17. The molecule has 0 aromatic carbocycles. The van der Waals surface area contributed by atoms with Crippen molar-refractivity contribution < 1.29 is 9.90 Å². The predicted octanol–water partition coefficient (Wildman–Crippen LogP) is 0.237. The van der Waals surface area contributed by atoms with Gasteiger partial charge in [0.15, 0.2) is 0 Å². The largest absolute Gasteiger partial charge is 0.396 e. The summed E-state index contributed by atoms with van der Waals surface area (Å²) in [6, 6.07) is 0. The van der Waals surface area contributed by atoms with E-state index in [9.17, 15) is 4.79 Å². The maximum absolute atomic E-state index is 10.4. The second-order valence-corrected chi connectivity index (χ2v) is 3.12. The average Bonchev–Trinajstić information content (AvgIpc) is 2.06. The number of carbonyl (C=O) groups excluding carboxylic acids is 1. The van der Waals surface area contributed by atoms with Crippen LogP contribution in [-0.2, 0) is 4.79 Å². The van der Waals surface area contributed by atoms with E-state index in [2.05, 4.69) is 0 Å². The summed E-state index contributed by atoms with van der Waals surface area (Å²) >= 11 is 0. The molecule has 0 bridgehead atoms. The van der Waals surface area contributed by atoms with Gasteiger partial charge in [-0.1, -0.05) is 0 Å². The molecule has 1 saturated heterocycles. The lowest BCUT2D eigenvalue weighted by Gasteiger charge is -2.29. The molecule has 0 radical (unpaired) electrons. The van der Waals surface area contributed by atoms with Gasteiger partial charge in [0.2, 0.25) is 6.41 Å². The van der Waals surface area contributed by atoms with Crippen LogP contribution in [0, 0.1) is 5.92 Å². The van der Waals surface area contributed by atoms with E-state index in [1.54, 1.807) is 4.90 Å². The molecule has 1 heterocycles. The monoisotopic (exact) mass is 157 g/mol. The normalized spacial score (nSPS) is 25.2. The van der Waals surface area contributed by atoms with Crippen molar-refractivity contribution in [3.05, 3.63) is 0 Å². The second kappa shape index (κ2) is 4.34. The number of piperidine rings is 1. The molecule has 1 atom stereocenters. The number of rotatable bonds is 3. The third-order valence-corrected chi connectivity index (χ3v) is 2.24. The Hall–Kier alpha value is -0.570. The predicted molar refractivity (Wildman–Crippen MR) is 42.1 cm³/mol. The van der Waals surface area contributed by atoms with Gasteiger partial charge in [-0.3, -0.25) is 4.79 Å². The molecular weight excluding hydrogens is 142 g/mol. The lowest BCUT2D eigenvalue weighted by Crippen LogP contribution is -2.34. The van der Waals surface area contributed by atoms with Gasteiger partial charge in [0.05, 0.1) is 0 Å². The summed E-state index contributed by atoms with van der Waals surface area (Å²) in [6.07, 6.45) is 3.99. The molecule has 1 aliphatic rings. The molecule has 1 unspecified atom stereocenters. The zero-order valence-electron chi connectivity index (χ0n) is 6.70. The Morgan fingerprint density at radius 2 is 2.45 bits per heavy atom. The van der Waals surface area contributed by atoms with Crippen LogP contribution in [0.25, 0.3) is 0 Å². The van der Waals surface area contributed by atoms with Crippen LogP contribution in [0.5, 0.6) is 0 Å². The minimum absolute atomic E-state index is 0.247. The fraction of sp³-hybridized carbons (Fsp3) is 0.875. The standard InChI is InChI=1S/C8H15NO2/c10-5-3-8-2-1-4-9(6-8)7-11/h7-8,10H,1-6H2. The van der Waals surface area contributed by atoms with Crippen LogP contribution in [0.1, 0.15) is 19.3 Å². The zero-order valence-corrected chi connectivity index (χ0v) is 6.70. The highest BCUT2D eigenvalue weighted by Crippen LogP contribution is 2.17. The number of amides is 1. The van der Waals surface area contributed by atoms with E-state index >= 15 is 0 Å². The number of aliphatic hydroxyl groups excluding tert-OH is 1. The minimum atomic E-state index is 0.247. The van der Waals surface area contributed by atoms with Gasteiger partial charge in [0.1, 0.15) is 0 Å². The molecule has 0 aliphatic carbocycles. The van der Waals surface area contributed by atoms with Crippen molar-refractivity contribution in [1.29, 1.82) is 0 Å². The number of likely N-dealkylation sites (tertiary alicyclic amines) is 1. The minimum Gasteiger partial charge on any atom is -0.396 e. The topological polar surface area (TPSA) is 40.5 Å².